The van der Waals surface area contributed by atoms with Crippen LogP contribution in [0.25, 0.3) is 0 Å². The molecule has 2 rings (SSSR count). The van der Waals surface area contributed by atoms with E-state index in [-0.39, 0.29) is 42.2 Å². The van der Waals surface area contributed by atoms with Crippen molar-refractivity contribution in [1.82, 2.24) is 15.0 Å². The first-order valence-electron chi connectivity index (χ1n) is 9.62. The lowest BCUT2D eigenvalue weighted by molar-refractivity contribution is 0.259. The standard InChI is InChI=1S/C19H26F3N5O3S/c1-10(2)5-13(9-28)23-18-24-16(25-19(26-18)27-31(4,29)30)6-11(3)17-14(21)7-12(20)8-15(17)22/h7-8,10-11,13,28H,5-6,9H2,1-4H3,(H2,23,24,25,26,27)/t11-,13-/m1/s1. The molecule has 0 aliphatic carbocycles. The molecule has 31 heavy (non-hydrogen) atoms. The molecule has 0 spiro atoms. The van der Waals surface area contributed by atoms with E-state index in [4.69, 9.17) is 0 Å². The summed E-state index contributed by atoms with van der Waals surface area (Å²) in [6.45, 7) is 5.23. The van der Waals surface area contributed by atoms with Gasteiger partial charge in [0.2, 0.25) is 21.9 Å². The SMILES string of the molecule is CC(C)C[C@H](CO)Nc1nc(C[C@@H](C)c2c(F)cc(F)cc2F)nc(NS(C)(=O)=O)n1. The summed E-state index contributed by atoms with van der Waals surface area (Å²) in [5.74, 6) is -3.85. The van der Waals surface area contributed by atoms with E-state index in [1.54, 1.807) is 0 Å². The van der Waals surface area contributed by atoms with Crippen LogP contribution in [0, 0.1) is 23.4 Å². The van der Waals surface area contributed by atoms with Gasteiger partial charge in [0.1, 0.15) is 23.3 Å². The highest BCUT2D eigenvalue weighted by atomic mass is 32.2. The molecule has 12 heteroatoms. The monoisotopic (exact) mass is 461 g/mol. The molecule has 2 aromatic rings. The number of hydrogen-bond acceptors (Lipinski definition) is 7. The number of nitrogens with one attached hydrogen (secondary N) is 2. The highest BCUT2D eigenvalue weighted by molar-refractivity contribution is 7.91. The summed E-state index contributed by atoms with van der Waals surface area (Å²) in [4.78, 5) is 12.2. The fraction of sp³-hybridized carbons (Fsp3) is 0.526. The molecule has 0 amide bonds. The van der Waals surface area contributed by atoms with E-state index in [0.29, 0.717) is 18.6 Å². The van der Waals surface area contributed by atoms with Crippen molar-refractivity contribution in [3.63, 3.8) is 0 Å². The van der Waals surface area contributed by atoms with E-state index in [1.165, 1.54) is 6.92 Å². The van der Waals surface area contributed by atoms with Gasteiger partial charge in [-0.2, -0.15) is 15.0 Å². The second-order valence-corrected chi connectivity index (χ2v) is 9.56. The Labute approximate surface area is 179 Å². The van der Waals surface area contributed by atoms with Crippen LogP contribution in [0.4, 0.5) is 25.1 Å². The number of aromatic nitrogens is 3. The number of rotatable bonds is 10. The highest BCUT2D eigenvalue weighted by Crippen LogP contribution is 2.26. The zero-order chi connectivity index (χ0) is 23.3. The first-order chi connectivity index (χ1) is 14.4. The third kappa shape index (κ3) is 7.62. The number of aliphatic hydroxyl groups excluding tert-OH is 1. The Balaban J connectivity index is 2.38. The Morgan fingerprint density at radius 3 is 2.13 bits per heavy atom. The normalized spacial score (nSPS) is 13.8. The van der Waals surface area contributed by atoms with E-state index in [9.17, 15) is 26.7 Å². The number of benzene rings is 1. The summed E-state index contributed by atoms with van der Waals surface area (Å²) < 4.78 is 66.8. The number of halogens is 3. The lowest BCUT2D eigenvalue weighted by Crippen LogP contribution is -2.27. The minimum atomic E-state index is -3.70. The molecule has 3 N–H and O–H groups in total. The van der Waals surface area contributed by atoms with Gasteiger partial charge in [-0.05, 0) is 18.3 Å². The molecule has 0 aliphatic rings. The Hall–Kier alpha value is -2.47. The zero-order valence-electron chi connectivity index (χ0n) is 17.7. The fourth-order valence-electron chi connectivity index (χ4n) is 3.12. The Kier molecular flexibility index (Phi) is 8.18. The molecule has 1 heterocycles. The van der Waals surface area contributed by atoms with E-state index in [1.807, 2.05) is 13.8 Å². The van der Waals surface area contributed by atoms with Crippen molar-refractivity contribution in [2.75, 3.05) is 22.9 Å². The largest absolute Gasteiger partial charge is 0.394 e. The zero-order valence-corrected chi connectivity index (χ0v) is 18.5. The van der Waals surface area contributed by atoms with Crippen molar-refractivity contribution >= 4 is 21.9 Å². The summed E-state index contributed by atoms with van der Waals surface area (Å²) in [7, 11) is -3.70. The Bertz CT molecular complexity index is 998. The molecule has 0 unspecified atom stereocenters. The van der Waals surface area contributed by atoms with Gasteiger partial charge in [0.25, 0.3) is 0 Å². The van der Waals surface area contributed by atoms with E-state index in [2.05, 4.69) is 25.0 Å². The van der Waals surface area contributed by atoms with Crippen LogP contribution in [0.3, 0.4) is 0 Å². The topological polar surface area (TPSA) is 117 Å². The molecular weight excluding hydrogens is 435 g/mol. The van der Waals surface area contributed by atoms with E-state index in [0.717, 1.165) is 6.26 Å². The minimum Gasteiger partial charge on any atom is -0.394 e. The third-order valence-electron chi connectivity index (χ3n) is 4.29. The number of nitrogens with zero attached hydrogens (tertiary/aromatic N) is 3. The van der Waals surface area contributed by atoms with Crippen LogP contribution in [0.15, 0.2) is 12.1 Å². The van der Waals surface area contributed by atoms with E-state index >= 15 is 0 Å². The predicted octanol–water partition coefficient (Wildman–Crippen LogP) is 2.83. The maximum atomic E-state index is 14.1. The van der Waals surface area contributed by atoms with Gasteiger partial charge in [0, 0.05) is 24.1 Å². The third-order valence-corrected chi connectivity index (χ3v) is 4.85. The van der Waals surface area contributed by atoms with Gasteiger partial charge in [-0.1, -0.05) is 20.8 Å². The molecule has 0 bridgehead atoms. The van der Waals surface area contributed by atoms with E-state index < -0.39 is 39.4 Å². The summed E-state index contributed by atoms with van der Waals surface area (Å²) in [6, 6.07) is 0.777. The number of anilines is 2. The first-order valence-corrected chi connectivity index (χ1v) is 11.5. The maximum absolute atomic E-state index is 14.1. The molecule has 0 aliphatic heterocycles. The molecule has 2 atom stereocenters. The van der Waals surface area contributed by atoms with Gasteiger partial charge in [0.15, 0.2) is 0 Å². The Morgan fingerprint density at radius 1 is 1.03 bits per heavy atom. The fourth-order valence-corrected chi connectivity index (χ4v) is 3.54. The molecule has 0 saturated carbocycles. The molecule has 0 saturated heterocycles. The van der Waals surface area contributed by atoms with Gasteiger partial charge in [-0.15, -0.1) is 0 Å². The molecule has 0 fully saturated rings. The maximum Gasteiger partial charge on any atom is 0.241 e. The highest BCUT2D eigenvalue weighted by Gasteiger charge is 2.21. The predicted molar refractivity (Wildman–Crippen MR) is 111 cm³/mol. The van der Waals surface area contributed by atoms with Crippen molar-refractivity contribution in [3.8, 4) is 0 Å². The van der Waals surface area contributed by atoms with Crippen LogP contribution in [0.5, 0.6) is 0 Å². The van der Waals surface area contributed by atoms with Gasteiger partial charge < -0.3 is 10.4 Å². The number of sulfonamides is 1. The summed E-state index contributed by atoms with van der Waals surface area (Å²) in [6.07, 6.45) is 1.43. The van der Waals surface area contributed by atoms with Crippen LogP contribution in [0.2, 0.25) is 0 Å². The average Bonchev–Trinajstić information content (AvgIpc) is 2.57. The average molecular weight is 462 g/mol. The van der Waals surface area contributed by atoms with Crippen molar-refractivity contribution in [3.05, 3.63) is 41.0 Å². The van der Waals surface area contributed by atoms with Crippen LogP contribution in [0.1, 0.15) is 44.5 Å². The van der Waals surface area contributed by atoms with Gasteiger partial charge in [-0.25, -0.2) is 21.6 Å². The lowest BCUT2D eigenvalue weighted by Gasteiger charge is -2.19. The molecule has 8 nitrogen and oxygen atoms in total. The van der Waals surface area contributed by atoms with Crippen LogP contribution >= 0.6 is 0 Å². The molecular formula is C19H26F3N5O3S. The molecule has 1 aromatic heterocycles. The molecule has 172 valence electrons. The Morgan fingerprint density at radius 2 is 1.61 bits per heavy atom. The summed E-state index contributed by atoms with van der Waals surface area (Å²) >= 11 is 0. The van der Waals surface area contributed by atoms with Gasteiger partial charge >= 0.3 is 0 Å². The smallest absolute Gasteiger partial charge is 0.241 e. The van der Waals surface area contributed by atoms with Gasteiger partial charge in [-0.3, -0.25) is 4.72 Å². The first kappa shape index (κ1) is 24.8. The van der Waals surface area contributed by atoms with Crippen molar-refractivity contribution in [2.45, 2.75) is 45.6 Å². The molecule has 1 aromatic carbocycles. The number of aliphatic hydroxyl groups is 1. The quantitative estimate of drug-likeness (QED) is 0.498. The van der Waals surface area contributed by atoms with Crippen LogP contribution in [-0.2, 0) is 16.4 Å². The summed E-state index contributed by atoms with van der Waals surface area (Å²) in [5.41, 5.74) is -0.331. The minimum absolute atomic E-state index is 0.00287. The van der Waals surface area contributed by atoms with Crippen LogP contribution < -0.4 is 10.0 Å². The van der Waals surface area contributed by atoms with Gasteiger partial charge in [0.05, 0.1) is 18.9 Å². The number of hydrogen-bond donors (Lipinski definition) is 3. The second kappa shape index (κ2) is 10.2. The second-order valence-electron chi connectivity index (χ2n) is 7.81. The van der Waals surface area contributed by atoms with Crippen molar-refractivity contribution < 1.29 is 26.7 Å². The lowest BCUT2D eigenvalue weighted by atomic mass is 9.96. The van der Waals surface area contributed by atoms with Crippen molar-refractivity contribution in [2.24, 2.45) is 5.92 Å². The van der Waals surface area contributed by atoms with Crippen molar-refractivity contribution in [1.29, 1.82) is 0 Å². The summed E-state index contributed by atoms with van der Waals surface area (Å²) in [5, 5.41) is 12.5. The molecule has 0 radical (unpaired) electrons. The van der Waals surface area contributed by atoms with Crippen LogP contribution in [-0.4, -0.2) is 47.4 Å².